The van der Waals surface area contributed by atoms with Crippen molar-refractivity contribution in [2.45, 2.75) is 118 Å². The Morgan fingerprint density at radius 2 is 1.69 bits per heavy atom. The lowest BCUT2D eigenvalue weighted by Gasteiger charge is -2.33. The number of carbonyl (C=O) groups excluding carboxylic acids is 3. The van der Waals surface area contributed by atoms with E-state index in [0.717, 1.165) is 62.0 Å². The van der Waals surface area contributed by atoms with Gasteiger partial charge in [-0.15, -0.1) is 0 Å². The van der Waals surface area contributed by atoms with E-state index in [2.05, 4.69) is 69.4 Å². The number of hydrogen-bond donors (Lipinski definition) is 0. The lowest BCUT2D eigenvalue weighted by atomic mass is 9.71. The summed E-state index contributed by atoms with van der Waals surface area (Å²) in [6.45, 7) is 7.81. The molecule has 0 radical (unpaired) electrons. The van der Waals surface area contributed by atoms with E-state index in [1.165, 1.54) is 61.3 Å². The van der Waals surface area contributed by atoms with Crippen LogP contribution in [0.5, 0.6) is 0 Å². The van der Waals surface area contributed by atoms with Gasteiger partial charge in [0.05, 0.1) is 6.42 Å². The van der Waals surface area contributed by atoms with Gasteiger partial charge in [0.2, 0.25) is 0 Å². The minimum Gasteiger partial charge on any atom is -0.300 e. The molecule has 1 aromatic rings. The van der Waals surface area contributed by atoms with Crippen LogP contribution in [0.4, 0.5) is 0 Å². The van der Waals surface area contributed by atoms with Gasteiger partial charge in [-0.05, 0) is 92.4 Å². The maximum Gasteiger partial charge on any atom is 0.163 e. The monoisotopic (exact) mass is 568 g/mol. The second-order valence-corrected chi connectivity index (χ2v) is 13.3. The second-order valence-electron chi connectivity index (χ2n) is 13.3. The van der Waals surface area contributed by atoms with Gasteiger partial charge in [0.15, 0.2) is 5.78 Å². The summed E-state index contributed by atoms with van der Waals surface area (Å²) < 4.78 is 0. The van der Waals surface area contributed by atoms with Crippen LogP contribution in [-0.4, -0.2) is 17.3 Å². The van der Waals surface area contributed by atoms with Gasteiger partial charge in [-0.1, -0.05) is 107 Å². The van der Waals surface area contributed by atoms with Crippen molar-refractivity contribution in [2.75, 3.05) is 0 Å². The molecule has 0 N–H and O–H groups in total. The summed E-state index contributed by atoms with van der Waals surface area (Å²) in [7, 11) is 0. The Morgan fingerprint density at radius 3 is 2.38 bits per heavy atom. The molecule has 1 fully saturated rings. The minimum absolute atomic E-state index is 0.0294. The number of rotatable bonds is 12. The van der Waals surface area contributed by atoms with Gasteiger partial charge in [0, 0.05) is 17.9 Å². The average molecular weight is 569 g/mol. The van der Waals surface area contributed by atoms with E-state index in [-0.39, 0.29) is 41.5 Å². The van der Waals surface area contributed by atoms with Crippen molar-refractivity contribution in [1.82, 2.24) is 0 Å². The molecule has 3 aliphatic carbocycles. The van der Waals surface area contributed by atoms with E-state index in [4.69, 9.17) is 0 Å². The van der Waals surface area contributed by atoms with Gasteiger partial charge in [-0.3, -0.25) is 14.4 Å². The fourth-order valence-electron chi connectivity index (χ4n) is 7.90. The number of Topliss-reactive ketones (excluding diaryl/α,β-unsaturated/α-hetero) is 3. The standard InChI is InChI=1S/C39H52O3/c1-5-13-33(34(6-2)37(41)22-28(4)40)24-31-25-36-35(21-18-27(3)39(36)38(42)26-31)32-17-10-8-7-9-14-30(19-20-32)23-29-15-11-12-16-29/h7-10,18-21,29,31,33-34H,5-6,11-17,22-26H2,1-4H3. The zero-order valence-corrected chi connectivity index (χ0v) is 26.6. The summed E-state index contributed by atoms with van der Waals surface area (Å²) >= 11 is 0. The number of benzene rings is 1. The molecule has 0 saturated heterocycles. The summed E-state index contributed by atoms with van der Waals surface area (Å²) in [6, 6.07) is 4.37. The molecule has 42 heavy (non-hydrogen) atoms. The SMILES string of the molecule is CCCC(CC1CC(=O)c2c(C)ccc(C3=CC=C(CC4CCCC4)CC=CC=CC3)c2C1)C(CC)C(=O)CC(C)=O. The van der Waals surface area contributed by atoms with Crippen molar-refractivity contribution in [1.29, 1.82) is 0 Å². The summed E-state index contributed by atoms with van der Waals surface area (Å²) in [5, 5.41) is 0. The maximum atomic E-state index is 13.7. The summed E-state index contributed by atoms with van der Waals surface area (Å²) in [5.41, 5.74) is 7.19. The largest absolute Gasteiger partial charge is 0.300 e. The second kappa shape index (κ2) is 15.6. The molecule has 1 saturated carbocycles. The van der Waals surface area contributed by atoms with Crippen LogP contribution < -0.4 is 0 Å². The van der Waals surface area contributed by atoms with Gasteiger partial charge >= 0.3 is 0 Å². The van der Waals surface area contributed by atoms with Crippen LogP contribution in [-0.2, 0) is 16.0 Å². The first kappa shape index (κ1) is 32.1. The third-order valence-corrected chi connectivity index (χ3v) is 9.90. The fraction of sp³-hybridized carbons (Fsp3) is 0.564. The fourth-order valence-corrected chi connectivity index (χ4v) is 7.90. The third-order valence-electron chi connectivity index (χ3n) is 9.90. The molecular weight excluding hydrogens is 516 g/mol. The van der Waals surface area contributed by atoms with Crippen LogP contribution in [0.2, 0.25) is 0 Å². The Morgan fingerprint density at radius 1 is 0.952 bits per heavy atom. The van der Waals surface area contributed by atoms with E-state index < -0.39 is 0 Å². The molecular formula is C39H52O3. The van der Waals surface area contributed by atoms with Crippen LogP contribution in [0, 0.1) is 30.6 Å². The molecule has 0 aliphatic heterocycles. The van der Waals surface area contributed by atoms with Crippen molar-refractivity contribution in [3.63, 3.8) is 0 Å². The highest BCUT2D eigenvalue weighted by Gasteiger charge is 2.34. The zero-order valence-electron chi connectivity index (χ0n) is 26.6. The van der Waals surface area contributed by atoms with Crippen molar-refractivity contribution in [3.05, 3.63) is 76.4 Å². The zero-order chi connectivity index (χ0) is 30.1. The highest BCUT2D eigenvalue weighted by atomic mass is 16.1. The molecule has 3 aliphatic rings. The number of fused-ring (bicyclic) bond motifs is 1. The van der Waals surface area contributed by atoms with E-state index in [0.29, 0.717) is 6.42 Å². The quantitative estimate of drug-likeness (QED) is 0.236. The molecule has 0 spiro atoms. The lowest BCUT2D eigenvalue weighted by Crippen LogP contribution is -2.30. The average Bonchev–Trinajstić information content (AvgIpc) is 3.45. The van der Waals surface area contributed by atoms with Crippen molar-refractivity contribution >= 4 is 22.9 Å². The number of aryl methyl sites for hydroxylation is 1. The van der Waals surface area contributed by atoms with Gasteiger partial charge in [0.25, 0.3) is 0 Å². The predicted molar refractivity (Wildman–Crippen MR) is 175 cm³/mol. The van der Waals surface area contributed by atoms with E-state index >= 15 is 0 Å². The van der Waals surface area contributed by atoms with Crippen LogP contribution in [0.15, 0.2) is 54.2 Å². The lowest BCUT2D eigenvalue weighted by molar-refractivity contribution is -0.129. The minimum atomic E-state index is -0.107. The molecule has 1 aromatic carbocycles. The summed E-state index contributed by atoms with van der Waals surface area (Å²) in [5.74, 6) is 1.41. The van der Waals surface area contributed by atoms with Crippen molar-refractivity contribution in [3.8, 4) is 0 Å². The molecule has 226 valence electrons. The Hall–Kier alpha value is -2.81. The highest BCUT2D eigenvalue weighted by molar-refractivity contribution is 6.01. The Labute approximate surface area is 254 Å². The molecule has 0 amide bonds. The summed E-state index contributed by atoms with van der Waals surface area (Å²) in [6.07, 6.45) is 27.0. The maximum absolute atomic E-state index is 13.7. The first-order chi connectivity index (χ1) is 20.3. The van der Waals surface area contributed by atoms with Crippen molar-refractivity contribution in [2.24, 2.45) is 23.7 Å². The van der Waals surface area contributed by atoms with Gasteiger partial charge in [-0.25, -0.2) is 0 Å². The third kappa shape index (κ3) is 8.39. The van der Waals surface area contributed by atoms with Gasteiger partial charge in [-0.2, -0.15) is 0 Å². The number of ketones is 3. The normalized spacial score (nSPS) is 21.0. The smallest absolute Gasteiger partial charge is 0.163 e. The molecule has 3 atom stereocenters. The molecule has 3 heteroatoms. The first-order valence-electron chi connectivity index (χ1n) is 16.7. The Balaban J connectivity index is 1.64. The molecule has 4 rings (SSSR count). The van der Waals surface area contributed by atoms with E-state index in [1.807, 2.05) is 0 Å². The van der Waals surface area contributed by atoms with Crippen LogP contribution >= 0.6 is 0 Å². The van der Waals surface area contributed by atoms with Crippen LogP contribution in [0.3, 0.4) is 0 Å². The molecule has 0 heterocycles. The van der Waals surface area contributed by atoms with Gasteiger partial charge < -0.3 is 0 Å². The Kier molecular flexibility index (Phi) is 11.9. The number of carbonyl (C=O) groups is 3. The summed E-state index contributed by atoms with van der Waals surface area (Å²) in [4.78, 5) is 38.5. The molecule has 3 nitrogen and oxygen atoms in total. The number of hydrogen-bond acceptors (Lipinski definition) is 3. The topological polar surface area (TPSA) is 51.2 Å². The molecule has 0 aromatic heterocycles. The van der Waals surface area contributed by atoms with Crippen LogP contribution in [0.25, 0.3) is 5.57 Å². The van der Waals surface area contributed by atoms with Crippen molar-refractivity contribution < 1.29 is 14.4 Å². The Bertz CT molecular complexity index is 1250. The van der Waals surface area contributed by atoms with Crippen LogP contribution in [0.1, 0.15) is 131 Å². The van der Waals surface area contributed by atoms with E-state index in [1.54, 1.807) is 0 Å². The molecule has 3 unspecified atom stereocenters. The predicted octanol–water partition coefficient (Wildman–Crippen LogP) is 9.92. The molecule has 0 bridgehead atoms. The first-order valence-corrected chi connectivity index (χ1v) is 16.7. The van der Waals surface area contributed by atoms with Gasteiger partial charge in [0.1, 0.15) is 11.6 Å². The van der Waals surface area contributed by atoms with E-state index in [9.17, 15) is 14.4 Å². The highest BCUT2D eigenvalue weighted by Crippen LogP contribution is 2.40. The number of allylic oxidation sites excluding steroid dienone is 8.